The van der Waals surface area contributed by atoms with Crippen LogP contribution in [-0.4, -0.2) is 56.2 Å². The van der Waals surface area contributed by atoms with Crippen molar-refractivity contribution in [1.29, 1.82) is 0 Å². The molecule has 0 atom stereocenters. The average molecular weight is 365 g/mol. The number of nitrogens with zero attached hydrogens (tertiary/aromatic N) is 1. The number of rotatable bonds is 5. The van der Waals surface area contributed by atoms with Crippen molar-refractivity contribution in [3.63, 3.8) is 0 Å². The molecule has 1 saturated heterocycles. The van der Waals surface area contributed by atoms with Crippen LogP contribution in [0.3, 0.4) is 0 Å². The normalized spacial score (nSPS) is 14.8. The number of nitrogens with one attached hydrogen (secondary N) is 1. The molecule has 7 nitrogen and oxygen atoms in total. The van der Waals surface area contributed by atoms with Crippen LogP contribution in [0.1, 0.15) is 42.3 Å². The van der Waals surface area contributed by atoms with Crippen molar-refractivity contribution in [2.75, 3.05) is 33.3 Å². The van der Waals surface area contributed by atoms with E-state index in [9.17, 15) is 9.59 Å². The second-order valence-corrected chi connectivity index (χ2v) is 7.04. The van der Waals surface area contributed by atoms with Gasteiger partial charge in [0.25, 0.3) is 6.47 Å². The van der Waals surface area contributed by atoms with Crippen molar-refractivity contribution < 1.29 is 19.1 Å². The van der Waals surface area contributed by atoms with E-state index in [-0.39, 0.29) is 11.6 Å². The molecule has 1 heterocycles. The van der Waals surface area contributed by atoms with E-state index in [1.165, 1.54) is 7.11 Å². The topological polar surface area (TPSA) is 93.9 Å². The summed E-state index contributed by atoms with van der Waals surface area (Å²) in [6.45, 7) is 11.1. The number of piperazine rings is 1. The summed E-state index contributed by atoms with van der Waals surface area (Å²) in [5, 5.41) is 3.32. The van der Waals surface area contributed by atoms with Gasteiger partial charge < -0.3 is 20.5 Å². The summed E-state index contributed by atoms with van der Waals surface area (Å²) in [5.41, 5.74) is 8.03. The molecule has 1 aliphatic rings. The number of carbonyl (C=O) groups excluding carboxylic acids is 2. The third kappa shape index (κ3) is 7.95. The zero-order chi connectivity index (χ0) is 19.6. The molecular weight excluding hydrogens is 334 g/mol. The number of nitrogens with two attached hydrogens (primary N) is 1. The Labute approximate surface area is 155 Å². The molecule has 0 bridgehead atoms. The lowest BCUT2D eigenvalue weighted by atomic mass is 10.0. The third-order valence-electron chi connectivity index (χ3n) is 3.82. The molecule has 3 N–H and O–H groups in total. The number of hydrogen-bond donors (Lipinski definition) is 2. The fourth-order valence-corrected chi connectivity index (χ4v) is 2.47. The van der Waals surface area contributed by atoms with Crippen molar-refractivity contribution in [2.24, 2.45) is 5.73 Å². The molecule has 146 valence electrons. The van der Waals surface area contributed by atoms with Crippen LogP contribution in [0.2, 0.25) is 0 Å². The first-order chi connectivity index (χ1) is 12.3. The fourth-order valence-electron chi connectivity index (χ4n) is 2.47. The Kier molecular flexibility index (Phi) is 9.26. The molecule has 0 saturated carbocycles. The molecule has 1 aromatic carbocycles. The monoisotopic (exact) mass is 365 g/mol. The van der Waals surface area contributed by atoms with Crippen LogP contribution in [-0.2, 0) is 27.4 Å². The summed E-state index contributed by atoms with van der Waals surface area (Å²) in [6.07, 6.45) is 0. The lowest BCUT2D eigenvalue weighted by Gasteiger charge is -2.27. The van der Waals surface area contributed by atoms with Gasteiger partial charge in [-0.1, -0.05) is 12.1 Å². The molecule has 1 aromatic rings. The van der Waals surface area contributed by atoms with Crippen molar-refractivity contribution in [1.82, 2.24) is 10.2 Å². The van der Waals surface area contributed by atoms with E-state index in [0.29, 0.717) is 18.6 Å². The summed E-state index contributed by atoms with van der Waals surface area (Å²) in [4.78, 5) is 23.7. The summed E-state index contributed by atoms with van der Waals surface area (Å²) in [6, 6.07) is 5.70. The maximum absolute atomic E-state index is 11.8. The van der Waals surface area contributed by atoms with E-state index < -0.39 is 0 Å². The summed E-state index contributed by atoms with van der Waals surface area (Å²) >= 11 is 0. The second kappa shape index (κ2) is 10.9. The van der Waals surface area contributed by atoms with Crippen LogP contribution in [0.5, 0.6) is 0 Å². The standard InChI is InChI=1S/C14H21N3O2.C5H10O2/c1-19-14(18)13-3-2-11(9-15)8-12(13)10-17-6-4-16-5-7-17;1-5(2,3)7-4-6/h2-3,8,16H,4-7,9-10,15H2,1H3;4H,1-3H3. The SMILES string of the molecule is CC(C)(C)OC=O.COC(=O)c1ccc(CN)cc1CN1CCNCC1. The van der Waals surface area contributed by atoms with E-state index in [2.05, 4.69) is 15.0 Å². The van der Waals surface area contributed by atoms with E-state index in [4.69, 9.17) is 10.5 Å². The summed E-state index contributed by atoms with van der Waals surface area (Å²) < 4.78 is 9.39. The van der Waals surface area contributed by atoms with Crippen LogP contribution in [0, 0.1) is 0 Å². The Hall–Kier alpha value is -1.96. The van der Waals surface area contributed by atoms with E-state index in [0.717, 1.165) is 43.9 Å². The van der Waals surface area contributed by atoms with Gasteiger partial charge in [-0.25, -0.2) is 4.79 Å². The third-order valence-corrected chi connectivity index (χ3v) is 3.82. The number of ether oxygens (including phenoxy) is 2. The quantitative estimate of drug-likeness (QED) is 0.600. The maximum Gasteiger partial charge on any atom is 0.338 e. The largest absolute Gasteiger partial charge is 0.465 e. The van der Waals surface area contributed by atoms with Crippen molar-refractivity contribution in [3.05, 3.63) is 34.9 Å². The van der Waals surface area contributed by atoms with Crippen molar-refractivity contribution in [3.8, 4) is 0 Å². The highest BCUT2D eigenvalue weighted by Gasteiger charge is 2.16. The fraction of sp³-hybridized carbons (Fsp3) is 0.579. The van der Waals surface area contributed by atoms with Crippen LogP contribution < -0.4 is 11.1 Å². The molecule has 0 aromatic heterocycles. The Bertz CT molecular complexity index is 579. The van der Waals surface area contributed by atoms with Gasteiger partial charge in [-0.15, -0.1) is 0 Å². The molecule has 0 amide bonds. The Morgan fingerprint density at radius 3 is 2.42 bits per heavy atom. The highest BCUT2D eigenvalue weighted by molar-refractivity contribution is 5.91. The van der Waals surface area contributed by atoms with Crippen LogP contribution in [0.25, 0.3) is 0 Å². The smallest absolute Gasteiger partial charge is 0.338 e. The molecule has 0 unspecified atom stereocenters. The minimum Gasteiger partial charge on any atom is -0.465 e. The molecule has 0 radical (unpaired) electrons. The molecule has 0 aliphatic carbocycles. The van der Waals surface area contributed by atoms with E-state index in [1.54, 1.807) is 0 Å². The molecule has 7 heteroatoms. The molecule has 26 heavy (non-hydrogen) atoms. The average Bonchev–Trinajstić information content (AvgIpc) is 2.61. The predicted molar refractivity (Wildman–Crippen MR) is 101 cm³/mol. The number of esters is 1. The molecule has 2 rings (SSSR count). The zero-order valence-corrected chi connectivity index (χ0v) is 16.2. The number of benzene rings is 1. The first kappa shape index (κ1) is 22.1. The Morgan fingerprint density at radius 1 is 1.31 bits per heavy atom. The van der Waals surface area contributed by atoms with Gasteiger partial charge in [0.2, 0.25) is 0 Å². The summed E-state index contributed by atoms with van der Waals surface area (Å²) in [5.74, 6) is -0.284. The first-order valence-corrected chi connectivity index (χ1v) is 8.75. The molecular formula is C19H31N3O4. The van der Waals surface area contributed by atoms with Crippen LogP contribution in [0.15, 0.2) is 18.2 Å². The minimum atomic E-state index is -0.318. The van der Waals surface area contributed by atoms with E-state index in [1.807, 2.05) is 39.0 Å². The number of methoxy groups -OCH3 is 1. The van der Waals surface area contributed by atoms with Gasteiger partial charge in [0.1, 0.15) is 5.60 Å². The van der Waals surface area contributed by atoms with Crippen LogP contribution in [0.4, 0.5) is 0 Å². The van der Waals surface area contributed by atoms with Gasteiger partial charge in [0.05, 0.1) is 12.7 Å². The van der Waals surface area contributed by atoms with Gasteiger partial charge in [0, 0.05) is 39.3 Å². The van der Waals surface area contributed by atoms with Gasteiger partial charge >= 0.3 is 5.97 Å². The predicted octanol–water partition coefficient (Wildman–Crippen LogP) is 1.30. The molecule has 1 aliphatic heterocycles. The van der Waals surface area contributed by atoms with Gasteiger partial charge in [-0.2, -0.15) is 0 Å². The molecule has 1 fully saturated rings. The number of carbonyl (C=O) groups is 2. The summed E-state index contributed by atoms with van der Waals surface area (Å²) in [7, 11) is 1.41. The number of hydrogen-bond acceptors (Lipinski definition) is 7. The van der Waals surface area contributed by atoms with Gasteiger partial charge in [-0.05, 0) is 38.0 Å². The molecule has 0 spiro atoms. The van der Waals surface area contributed by atoms with Gasteiger partial charge in [-0.3, -0.25) is 9.69 Å². The van der Waals surface area contributed by atoms with Crippen molar-refractivity contribution in [2.45, 2.75) is 39.5 Å². The lowest BCUT2D eigenvalue weighted by Crippen LogP contribution is -2.43. The van der Waals surface area contributed by atoms with Crippen LogP contribution >= 0.6 is 0 Å². The van der Waals surface area contributed by atoms with Gasteiger partial charge in [0.15, 0.2) is 0 Å². The van der Waals surface area contributed by atoms with E-state index >= 15 is 0 Å². The first-order valence-electron chi connectivity index (χ1n) is 8.75. The Morgan fingerprint density at radius 2 is 1.96 bits per heavy atom. The zero-order valence-electron chi connectivity index (χ0n) is 16.2. The minimum absolute atomic E-state index is 0.284. The lowest BCUT2D eigenvalue weighted by molar-refractivity contribution is -0.138. The second-order valence-electron chi connectivity index (χ2n) is 7.04. The van der Waals surface area contributed by atoms with Crippen molar-refractivity contribution >= 4 is 12.4 Å². The highest BCUT2D eigenvalue weighted by atomic mass is 16.5. The Balaban J connectivity index is 0.000000412. The maximum atomic E-state index is 11.8. The highest BCUT2D eigenvalue weighted by Crippen LogP contribution is 2.16.